The van der Waals surface area contributed by atoms with E-state index in [0.717, 1.165) is 7.14 Å². The summed E-state index contributed by atoms with van der Waals surface area (Å²) in [5.41, 5.74) is 2.77. The molecule has 2 aromatic carbocycles. The van der Waals surface area contributed by atoms with Gasteiger partial charge in [0, 0.05) is 52.7 Å². The Bertz CT molecular complexity index is 1750. The third kappa shape index (κ3) is 5.82. The van der Waals surface area contributed by atoms with E-state index in [0.29, 0.717) is 33.9 Å². The van der Waals surface area contributed by atoms with Crippen LogP contribution < -0.4 is 0 Å². The number of benzene rings is 2. The van der Waals surface area contributed by atoms with Gasteiger partial charge in [0.1, 0.15) is 11.8 Å². The van der Waals surface area contributed by atoms with E-state index in [9.17, 15) is 26.3 Å². The molecule has 4 N–H and O–H groups in total. The first-order valence-electron chi connectivity index (χ1n) is 14.3. The lowest BCUT2D eigenvalue weighted by atomic mass is 9.93. The Labute approximate surface area is 286 Å². The molecule has 236 valence electrons. The number of halogens is 8. The number of alkyl halides is 6. The summed E-state index contributed by atoms with van der Waals surface area (Å²) in [5, 5.41) is 0. The van der Waals surface area contributed by atoms with Crippen molar-refractivity contribution in [3.8, 4) is 0 Å². The number of nitrogens with one attached hydrogen (secondary N) is 4. The van der Waals surface area contributed by atoms with Crippen molar-refractivity contribution in [2.75, 3.05) is 0 Å². The molecule has 46 heavy (non-hydrogen) atoms. The second kappa shape index (κ2) is 11.7. The van der Waals surface area contributed by atoms with Gasteiger partial charge in [0.15, 0.2) is 0 Å². The van der Waals surface area contributed by atoms with Gasteiger partial charge in [0.25, 0.3) is 0 Å². The van der Waals surface area contributed by atoms with Crippen LogP contribution in [0.15, 0.2) is 97.1 Å². The van der Waals surface area contributed by atoms with Crippen molar-refractivity contribution in [2.45, 2.75) is 36.0 Å². The highest BCUT2D eigenvalue weighted by molar-refractivity contribution is 14.1. The zero-order chi connectivity index (χ0) is 32.4. The lowest BCUT2D eigenvalue weighted by Crippen LogP contribution is -2.23. The summed E-state index contributed by atoms with van der Waals surface area (Å²) in [6.07, 6.45) is -9.29. The molecule has 0 spiro atoms. The number of hydrogen-bond donors (Lipinski definition) is 4. The van der Waals surface area contributed by atoms with Crippen LogP contribution in [0.5, 0.6) is 0 Å². The standard InChI is InChI=1S/C34H24F6I2N4/c35-33(36,37)31-25-13-9-21(43-25)29(17-1-5-19(41)6-2-17)22-10-14-26(44-22)32(34(38,39)40)28-16-12-24(46-28)30(23-11-15-27(31)45-23)18-3-7-20(42)8-4-18/h1-16,29-32,43-46H. The second-order valence-corrected chi connectivity index (χ2v) is 13.9. The minimum atomic E-state index is -4.65. The predicted molar refractivity (Wildman–Crippen MR) is 179 cm³/mol. The maximum Gasteiger partial charge on any atom is 0.402 e. The topological polar surface area (TPSA) is 63.2 Å². The first-order chi connectivity index (χ1) is 21.9. The molecule has 8 bridgehead atoms. The van der Waals surface area contributed by atoms with Crippen LogP contribution in [0.2, 0.25) is 0 Å². The van der Waals surface area contributed by atoms with Crippen molar-refractivity contribution in [1.29, 1.82) is 0 Å². The highest BCUT2D eigenvalue weighted by atomic mass is 127. The van der Waals surface area contributed by atoms with Crippen molar-refractivity contribution < 1.29 is 26.3 Å². The zero-order valence-electron chi connectivity index (χ0n) is 23.6. The van der Waals surface area contributed by atoms with Crippen LogP contribution in [0, 0.1) is 7.14 Å². The lowest BCUT2D eigenvalue weighted by molar-refractivity contribution is -0.143. The summed E-state index contributed by atoms with van der Waals surface area (Å²) in [5.74, 6) is -5.35. The summed E-state index contributed by atoms with van der Waals surface area (Å²) < 4.78 is 91.0. The van der Waals surface area contributed by atoms with E-state index in [4.69, 9.17) is 0 Å². The van der Waals surface area contributed by atoms with Gasteiger partial charge in [-0.25, -0.2) is 0 Å². The first-order valence-corrected chi connectivity index (χ1v) is 16.4. The molecular weight excluding hydrogens is 832 g/mol. The highest BCUT2D eigenvalue weighted by Crippen LogP contribution is 2.45. The van der Waals surface area contributed by atoms with Gasteiger partial charge in [0.05, 0.1) is 11.8 Å². The third-order valence-corrected chi connectivity index (χ3v) is 9.91. The van der Waals surface area contributed by atoms with E-state index >= 15 is 0 Å². The monoisotopic (exact) mass is 856 g/mol. The smallest absolute Gasteiger partial charge is 0.361 e. The summed E-state index contributed by atoms with van der Waals surface area (Å²) >= 11 is 4.29. The van der Waals surface area contributed by atoms with Gasteiger partial charge in [-0.05, 0) is 129 Å². The molecule has 0 aliphatic carbocycles. The molecule has 0 radical (unpaired) electrons. The molecule has 7 rings (SSSR count). The molecule has 0 amide bonds. The average molecular weight is 856 g/mol. The number of fused-ring (bicyclic) bond motifs is 8. The van der Waals surface area contributed by atoms with Gasteiger partial charge in [-0.3, -0.25) is 0 Å². The largest absolute Gasteiger partial charge is 0.402 e. The van der Waals surface area contributed by atoms with Crippen LogP contribution in [0.3, 0.4) is 0 Å². The average Bonchev–Trinajstić information content (AvgIpc) is 3.80. The van der Waals surface area contributed by atoms with Gasteiger partial charge in [0.2, 0.25) is 0 Å². The van der Waals surface area contributed by atoms with E-state index < -0.39 is 36.0 Å². The first kappa shape index (κ1) is 31.2. The normalized spacial score (nSPS) is 20.2. The maximum absolute atomic E-state index is 14.8. The van der Waals surface area contributed by atoms with Gasteiger partial charge < -0.3 is 19.9 Å². The molecule has 4 aromatic heterocycles. The molecule has 0 saturated heterocycles. The van der Waals surface area contributed by atoms with E-state index in [1.165, 1.54) is 24.3 Å². The van der Waals surface area contributed by atoms with Crippen LogP contribution in [0.25, 0.3) is 0 Å². The fourth-order valence-electron chi connectivity index (χ4n) is 6.47. The van der Waals surface area contributed by atoms with Crippen molar-refractivity contribution in [3.63, 3.8) is 0 Å². The van der Waals surface area contributed by atoms with Gasteiger partial charge in [-0.15, -0.1) is 0 Å². The molecule has 6 aromatic rings. The number of aromatic amines is 4. The van der Waals surface area contributed by atoms with Crippen LogP contribution in [-0.2, 0) is 0 Å². The van der Waals surface area contributed by atoms with Gasteiger partial charge >= 0.3 is 12.4 Å². The van der Waals surface area contributed by atoms with Crippen LogP contribution in [-0.4, -0.2) is 32.3 Å². The summed E-state index contributed by atoms with van der Waals surface area (Å²) in [6.45, 7) is 0. The fourth-order valence-corrected chi connectivity index (χ4v) is 7.19. The molecular formula is C34H24F6I2N4. The SMILES string of the molecule is FC(F)(F)C1c2ccc([nH]2)C(c2ccc(I)cc2)c2ccc([nH]2)C(C(F)(F)F)c2ccc([nH]2)C(c2ccc(I)cc2)c2ccc1[nH]2. The zero-order valence-corrected chi connectivity index (χ0v) is 27.9. The Balaban J connectivity index is 1.48. The Morgan fingerprint density at radius 3 is 0.848 bits per heavy atom. The summed E-state index contributed by atoms with van der Waals surface area (Å²) in [4.78, 5) is 12.1. The Morgan fingerprint density at radius 1 is 0.370 bits per heavy atom. The molecule has 12 heteroatoms. The molecule has 1 aliphatic heterocycles. The van der Waals surface area contributed by atoms with E-state index in [1.807, 2.05) is 48.5 Å². The van der Waals surface area contributed by atoms with E-state index in [2.05, 4.69) is 65.1 Å². The molecule has 0 saturated carbocycles. The van der Waals surface area contributed by atoms with Gasteiger partial charge in [-0.1, -0.05) is 24.3 Å². The fraction of sp³-hybridized carbons (Fsp3) is 0.176. The molecule has 0 fully saturated rings. The van der Waals surface area contributed by atoms with E-state index in [1.54, 1.807) is 24.3 Å². The van der Waals surface area contributed by atoms with Gasteiger partial charge in [-0.2, -0.15) is 26.3 Å². The van der Waals surface area contributed by atoms with Crippen molar-refractivity contribution in [2.24, 2.45) is 0 Å². The minimum Gasteiger partial charge on any atom is -0.361 e. The quantitative estimate of drug-likeness (QED) is 0.0991. The van der Waals surface area contributed by atoms with Crippen molar-refractivity contribution in [1.82, 2.24) is 19.9 Å². The van der Waals surface area contributed by atoms with Crippen molar-refractivity contribution in [3.05, 3.63) is 161 Å². The Morgan fingerprint density at radius 2 is 0.609 bits per heavy atom. The van der Waals surface area contributed by atoms with E-state index in [-0.39, 0.29) is 22.8 Å². The third-order valence-electron chi connectivity index (χ3n) is 8.47. The minimum absolute atomic E-state index is 0.0774. The molecule has 4 nitrogen and oxygen atoms in total. The highest BCUT2D eigenvalue weighted by Gasteiger charge is 2.46. The summed E-state index contributed by atoms with van der Waals surface area (Å²) in [6, 6.07) is 26.6. The number of aromatic nitrogens is 4. The maximum atomic E-state index is 14.8. The van der Waals surface area contributed by atoms with Crippen LogP contribution in [0.1, 0.15) is 80.3 Å². The van der Waals surface area contributed by atoms with Crippen molar-refractivity contribution >= 4 is 45.2 Å². The lowest BCUT2D eigenvalue weighted by Gasteiger charge is -2.22. The number of H-pyrrole nitrogens is 4. The van der Waals surface area contributed by atoms with Crippen LogP contribution >= 0.6 is 45.2 Å². The number of rotatable bonds is 2. The molecule has 1 aliphatic rings. The van der Waals surface area contributed by atoms with Crippen LogP contribution in [0.4, 0.5) is 26.3 Å². The number of hydrogen-bond acceptors (Lipinski definition) is 0. The molecule has 0 unspecified atom stereocenters. The summed E-state index contributed by atoms with van der Waals surface area (Å²) in [7, 11) is 0. The molecule has 5 heterocycles. The Hall–Kier alpha value is -3.40. The Kier molecular flexibility index (Phi) is 7.93. The predicted octanol–water partition coefficient (Wildman–Crippen LogP) is 10.3. The second-order valence-electron chi connectivity index (χ2n) is 11.4. The molecule has 0 atom stereocenters.